The number of likely N-dealkylation sites (N-methyl/N-ethyl adjacent to an activating group) is 1. The molecule has 0 bridgehead atoms. The Labute approximate surface area is 653 Å². The molecule has 5 aromatic carbocycles. The Bertz CT molecular complexity index is 5100. The van der Waals surface area contributed by atoms with Crippen LogP contribution in [0.4, 0.5) is 33.5 Å². The summed E-state index contributed by atoms with van der Waals surface area (Å²) in [5.41, 5.74) is 13.7. The van der Waals surface area contributed by atoms with Gasteiger partial charge in [-0.25, -0.2) is 30.3 Å². The summed E-state index contributed by atoms with van der Waals surface area (Å²) in [6, 6.07) is 35.6. The summed E-state index contributed by atoms with van der Waals surface area (Å²) in [7, 11) is 5.32. The van der Waals surface area contributed by atoms with Gasteiger partial charge in [0.1, 0.15) is 52.1 Å². The lowest BCUT2D eigenvalue weighted by atomic mass is 9.63. The van der Waals surface area contributed by atoms with Crippen molar-refractivity contribution in [2.75, 3.05) is 71.7 Å². The van der Waals surface area contributed by atoms with Crippen LogP contribution in [0, 0.1) is 11.8 Å². The van der Waals surface area contributed by atoms with Crippen molar-refractivity contribution >= 4 is 97.8 Å². The van der Waals surface area contributed by atoms with Gasteiger partial charge in [-0.15, -0.1) is 11.3 Å². The summed E-state index contributed by atoms with van der Waals surface area (Å²) in [6.07, 6.45) is 1.15. The zero-order chi connectivity index (χ0) is 80.7. The molecule has 34 heteroatoms. The van der Waals surface area contributed by atoms with Crippen LogP contribution < -0.4 is 37.3 Å². The van der Waals surface area contributed by atoms with Crippen LogP contribution in [0.3, 0.4) is 0 Å². The number of methoxy groups -OCH3 is 1. The van der Waals surface area contributed by atoms with Crippen LogP contribution in [-0.2, 0) is 20.9 Å². The van der Waals surface area contributed by atoms with E-state index >= 15 is 0 Å². The second-order valence-electron chi connectivity index (χ2n) is 26.8. The Morgan fingerprint density at radius 3 is 2.01 bits per heavy atom. The van der Waals surface area contributed by atoms with Crippen LogP contribution in [0.2, 0.25) is 0 Å². The molecule has 7 unspecified atom stereocenters. The number of Topliss-reactive ketones (excluding diaryl/α,β-unsaturated/α-hetero) is 2. The van der Waals surface area contributed by atoms with Crippen molar-refractivity contribution in [3.63, 3.8) is 0 Å². The zero-order valence-electron chi connectivity index (χ0n) is 61.7. The van der Waals surface area contributed by atoms with E-state index in [0.717, 1.165) is 51.6 Å². The summed E-state index contributed by atoms with van der Waals surface area (Å²) in [5.74, 6) is -3.48. The van der Waals surface area contributed by atoms with Crippen LogP contribution in [0.25, 0.3) is 16.5 Å². The molecule has 0 radical (unpaired) electrons. The molecule has 113 heavy (non-hydrogen) atoms. The van der Waals surface area contributed by atoms with Gasteiger partial charge >= 0.3 is 17.5 Å². The van der Waals surface area contributed by atoms with Gasteiger partial charge in [0, 0.05) is 60.1 Å². The van der Waals surface area contributed by atoms with E-state index in [-0.39, 0.29) is 83.2 Å². The number of nitrogens with two attached hydrogens (primary N) is 1. The maximum atomic E-state index is 14.3. The number of halogens is 6. The number of rotatable bonds is 20. The summed E-state index contributed by atoms with van der Waals surface area (Å²) in [5, 5.41) is 35.1. The number of hydrogen-bond acceptors (Lipinski definition) is 24. The minimum Gasteiger partial charge on any atom is -0.497 e. The normalized spacial score (nSPS) is 20.1. The molecule has 4 amide bonds. The molecular weight excluding hydrogens is 1510 g/mol. The number of esters is 1. The molecule has 0 saturated heterocycles. The molecule has 27 nitrogen and oxygen atoms in total. The number of amides is 4. The molecule has 15 rings (SSSR count). The number of aliphatic hydroxyl groups is 2. The van der Waals surface area contributed by atoms with Gasteiger partial charge in [0.25, 0.3) is 11.8 Å². The summed E-state index contributed by atoms with van der Waals surface area (Å²) in [6.45, 7) is 9.52. The van der Waals surface area contributed by atoms with Crippen LogP contribution in [0.5, 0.6) is 5.75 Å². The van der Waals surface area contributed by atoms with E-state index in [4.69, 9.17) is 31.2 Å². The SMILES string of the molecule is CCN(CC)CCN1C(=O)c2cccc3cc(N)cc(c23)C1=O.CCOC(=O)c1cnn(-c2ccccc2)c1NC(=O)C1C=C2N=C(c3ccco3)C=C(C(F)(F)Cl)N2N1.CN(C)CNC1CC(O)C2C(=O)c3ccccc3C(=O)C2C1O.COc1ccc(CNC(=O)C2C=C3N=C(c4cccs4)C=C(C(F)(F)F)N3N2)cc1. The molecule has 7 aliphatic rings. The number of ether oxygens (including phenoxy) is 2. The highest BCUT2D eigenvalue weighted by molar-refractivity contribution is 7.12. The van der Waals surface area contributed by atoms with E-state index in [1.165, 1.54) is 45.5 Å². The van der Waals surface area contributed by atoms with Gasteiger partial charge in [0.05, 0.1) is 72.1 Å². The van der Waals surface area contributed by atoms with Crippen molar-refractivity contribution < 1.29 is 79.6 Å². The number of thiophene rings is 1. The number of nitrogens with one attached hydrogen (secondary N) is 5. The lowest BCUT2D eigenvalue weighted by Gasteiger charge is -2.44. The zero-order valence-corrected chi connectivity index (χ0v) is 63.3. The number of aliphatic imine (C=N–C) groups is 2. The molecular formula is C79H79ClF5N15O12S. The van der Waals surface area contributed by atoms with Gasteiger partial charge in [-0.05, 0) is 153 Å². The van der Waals surface area contributed by atoms with Gasteiger partial charge in [0.15, 0.2) is 23.1 Å². The number of para-hydroxylation sites is 1. The number of allylic oxidation sites excluding steroid dienone is 4. The van der Waals surface area contributed by atoms with Gasteiger partial charge in [-0.2, -0.15) is 27.1 Å². The Morgan fingerprint density at radius 1 is 0.752 bits per heavy atom. The number of hydrazine groups is 2. The third-order valence-electron chi connectivity index (χ3n) is 19.2. The predicted molar refractivity (Wildman–Crippen MR) is 412 cm³/mol. The summed E-state index contributed by atoms with van der Waals surface area (Å²) in [4.78, 5) is 104. The quantitative estimate of drug-likeness (QED) is 0.00879. The summed E-state index contributed by atoms with van der Waals surface area (Å²) >= 11 is 6.66. The van der Waals surface area contributed by atoms with Gasteiger partial charge in [-0.1, -0.05) is 86.6 Å². The standard InChI is InChI=1S/C24H19ClF2N6O4.C20H17F3N4O2S.C18H21N3O2.C17H22N2O4/c1-2-36-23(35)15-13-28-32(14-7-4-3-5-8-14)21(15)30-22(34)17-12-20-29-16(18-9-6-10-37-18)11-19(24(25,26)27)33(20)31-17;1-29-13-6-4-12(5-7-13)11-24-19(28)15-10-18-25-14(16-3-2-8-30-16)9-17(20(21,22)23)27(18)26-15;1-3-20(4-2)8-9-21-17(22)14-7-5-6-12-10-13(19)11-15(16(12)14)18(21)23;1-19(2)8-18-11-7-12(20)13-14(17(11)23)16(22)10-6-4-3-5-9(10)15(13)21/h3-13,17,31H,2H2,1H3,(H,30,34);2-10,15,26H,11H2,1H3,(H,24,28);5-7,10-11H,3-4,8-9,19H2,1-2H3;3-6,11-14,17-18,20,23H,7-8H2,1-2H3. The Balaban J connectivity index is 0.000000142. The first-order chi connectivity index (χ1) is 54.1. The first-order valence-corrected chi connectivity index (χ1v) is 37.1. The second kappa shape index (κ2) is 34.7. The van der Waals surface area contributed by atoms with Gasteiger partial charge in [0.2, 0.25) is 11.8 Å². The lowest BCUT2D eigenvalue weighted by molar-refractivity contribution is -0.125. The number of hydrogen-bond donors (Lipinski definition) is 8. The van der Waals surface area contributed by atoms with Crippen LogP contribution in [0.15, 0.2) is 213 Å². The molecule has 1 saturated carbocycles. The number of imide groups is 1. The highest BCUT2D eigenvalue weighted by Gasteiger charge is 2.54. The smallest absolute Gasteiger partial charge is 0.433 e. The largest absolute Gasteiger partial charge is 0.497 e. The molecule has 7 atom stereocenters. The van der Waals surface area contributed by atoms with E-state index in [1.807, 2.05) is 31.1 Å². The van der Waals surface area contributed by atoms with Crippen LogP contribution >= 0.6 is 22.9 Å². The molecule has 1 fully saturated rings. The number of furan rings is 1. The number of ketones is 2. The number of fused-ring (bicyclic) bond motifs is 4. The fourth-order valence-electron chi connectivity index (χ4n) is 13.7. The van der Waals surface area contributed by atoms with Crippen molar-refractivity contribution in [1.82, 2.24) is 56.0 Å². The van der Waals surface area contributed by atoms with E-state index in [1.54, 1.807) is 141 Å². The fourth-order valence-corrected chi connectivity index (χ4v) is 14.5. The third-order valence-corrected chi connectivity index (χ3v) is 20.3. The van der Waals surface area contributed by atoms with E-state index in [2.05, 4.69) is 60.6 Å². The number of carbonyl (C=O) groups is 7. The number of nitrogen functional groups attached to an aromatic ring is 1. The number of aromatic nitrogens is 2. The van der Waals surface area contributed by atoms with Crippen LogP contribution in [-0.4, -0.2) is 200 Å². The molecule has 3 aromatic heterocycles. The molecule has 8 aromatic rings. The summed E-state index contributed by atoms with van der Waals surface area (Å²) < 4.78 is 86.2. The molecule has 8 heterocycles. The van der Waals surface area contributed by atoms with E-state index in [0.29, 0.717) is 64.0 Å². The van der Waals surface area contributed by atoms with Crippen molar-refractivity contribution in [1.29, 1.82) is 0 Å². The molecule has 9 N–H and O–H groups in total. The van der Waals surface area contributed by atoms with E-state index in [9.17, 15) is 65.7 Å². The minimum absolute atomic E-state index is 0.0200. The Kier molecular flexibility index (Phi) is 24.9. The van der Waals surface area contributed by atoms with Crippen molar-refractivity contribution in [3.8, 4) is 11.4 Å². The Hall–Kier alpha value is -11.4. The maximum absolute atomic E-state index is 14.3. The first-order valence-electron chi connectivity index (χ1n) is 35.8. The highest BCUT2D eigenvalue weighted by Crippen LogP contribution is 2.42. The second-order valence-corrected chi connectivity index (χ2v) is 28.2. The molecule has 5 aliphatic heterocycles. The topological polar surface area (TPSA) is 336 Å². The molecule has 0 spiro atoms. The number of carbonyl (C=O) groups excluding carboxylic acids is 7. The molecule has 2 aliphatic carbocycles. The third kappa shape index (κ3) is 17.8. The highest BCUT2D eigenvalue weighted by atomic mass is 35.5. The number of alkyl halides is 6. The predicted octanol–water partition coefficient (Wildman–Crippen LogP) is 9.44. The Morgan fingerprint density at radius 2 is 1.39 bits per heavy atom. The number of aliphatic hydroxyl groups excluding tert-OH is 2. The minimum atomic E-state index is -4.61. The number of nitrogens with zero attached hydrogens (tertiary/aromatic N) is 9. The fraction of sp³-hybridized carbons (Fsp3) is 0.291. The van der Waals surface area contributed by atoms with Crippen molar-refractivity contribution in [2.24, 2.45) is 21.8 Å². The first kappa shape index (κ1) is 81.1. The maximum Gasteiger partial charge on any atom is 0.433 e. The van der Waals surface area contributed by atoms with E-state index < -0.39 is 82.9 Å². The lowest BCUT2D eigenvalue weighted by Crippen LogP contribution is -2.61. The molecule has 590 valence electrons. The van der Waals surface area contributed by atoms with Gasteiger partial charge < -0.3 is 45.4 Å². The van der Waals surface area contributed by atoms with Crippen LogP contribution in [0.1, 0.15) is 95.2 Å². The number of anilines is 2. The number of benzene rings is 5. The van der Waals surface area contributed by atoms with Crippen molar-refractivity contribution in [2.45, 2.75) is 75.6 Å². The van der Waals surface area contributed by atoms with Crippen molar-refractivity contribution in [3.05, 3.63) is 243 Å². The average Bonchev–Trinajstić information content (AvgIpc) is 1.59. The van der Waals surface area contributed by atoms with Gasteiger partial charge in [-0.3, -0.25) is 53.9 Å². The monoisotopic (exact) mass is 1590 g/mol. The average molecular weight is 1590 g/mol.